The Hall–Kier alpha value is -2.35. The highest BCUT2D eigenvalue weighted by atomic mass is 19.1. The fourth-order valence-electron chi connectivity index (χ4n) is 9.15. The van der Waals surface area contributed by atoms with Crippen LogP contribution in [0.2, 0.25) is 0 Å². The standard InChI is InChI=1S/C32H40FNO5/c1-28(2,3)19-6-9-22(10-7-19)34-17-21-15-25-24-11-8-20-14-23(36)12-13-29(20,4)31(24,33)26(37)16-30(25,5)32(21,39-34)27(38)18-35/h6-7,9-10,12-14,21,24-26,35,37H,8,11,15-18H2,1-5H3/t21-,24-,25-,26-,29-,30-,31-,32-/m0/s1. The van der Waals surface area contributed by atoms with Gasteiger partial charge in [0.05, 0.1) is 18.3 Å². The average molecular weight is 538 g/mol. The Balaban J connectivity index is 1.39. The minimum Gasteiger partial charge on any atom is -0.390 e. The van der Waals surface area contributed by atoms with Gasteiger partial charge in [0, 0.05) is 22.7 Å². The number of alkyl halides is 1. The summed E-state index contributed by atoms with van der Waals surface area (Å²) in [4.78, 5) is 32.4. The number of aliphatic hydroxyl groups is 2. The molecule has 6 nitrogen and oxygen atoms in total. The lowest BCUT2D eigenvalue weighted by Gasteiger charge is -2.62. The predicted molar refractivity (Wildman–Crippen MR) is 146 cm³/mol. The maximum atomic E-state index is 17.5. The molecule has 0 amide bonds. The van der Waals surface area contributed by atoms with E-state index in [0.29, 0.717) is 25.8 Å². The van der Waals surface area contributed by atoms with E-state index in [9.17, 15) is 19.8 Å². The summed E-state index contributed by atoms with van der Waals surface area (Å²) in [6, 6.07) is 8.12. The predicted octanol–water partition coefficient (Wildman–Crippen LogP) is 4.63. The van der Waals surface area contributed by atoms with Crippen molar-refractivity contribution in [2.75, 3.05) is 18.2 Å². The van der Waals surface area contributed by atoms with Crippen LogP contribution in [-0.2, 0) is 19.8 Å². The topological polar surface area (TPSA) is 87.1 Å². The molecule has 1 heterocycles. The molecular weight excluding hydrogens is 497 g/mol. The van der Waals surface area contributed by atoms with Crippen LogP contribution < -0.4 is 5.06 Å². The fraction of sp³-hybridized carbons (Fsp3) is 0.625. The van der Waals surface area contributed by atoms with Gasteiger partial charge < -0.3 is 10.2 Å². The molecule has 1 aromatic carbocycles. The van der Waals surface area contributed by atoms with E-state index in [0.717, 1.165) is 11.3 Å². The number of aliphatic hydroxyl groups excluding tert-OH is 2. The monoisotopic (exact) mass is 537 g/mol. The Morgan fingerprint density at radius 3 is 2.51 bits per heavy atom. The number of Topliss-reactive ketones (excluding diaryl/α,β-unsaturated/α-hetero) is 1. The van der Waals surface area contributed by atoms with Gasteiger partial charge in [0.25, 0.3) is 0 Å². The smallest absolute Gasteiger partial charge is 0.193 e. The third-order valence-electron chi connectivity index (χ3n) is 11.2. The van der Waals surface area contributed by atoms with Crippen LogP contribution in [-0.4, -0.2) is 52.3 Å². The van der Waals surface area contributed by atoms with Crippen LogP contribution in [0.15, 0.2) is 48.1 Å². The molecule has 6 rings (SSSR count). The molecule has 1 aliphatic heterocycles. The molecule has 3 saturated carbocycles. The van der Waals surface area contributed by atoms with E-state index in [1.165, 1.54) is 17.7 Å². The Morgan fingerprint density at radius 2 is 1.87 bits per heavy atom. The van der Waals surface area contributed by atoms with Gasteiger partial charge in [-0.2, -0.15) is 0 Å². The van der Waals surface area contributed by atoms with Gasteiger partial charge in [0.15, 0.2) is 22.8 Å². The summed E-state index contributed by atoms with van der Waals surface area (Å²) in [5.74, 6) is -1.54. The first-order chi connectivity index (χ1) is 18.2. The van der Waals surface area contributed by atoms with Crippen LogP contribution in [0, 0.1) is 28.6 Å². The van der Waals surface area contributed by atoms with Crippen LogP contribution in [0.1, 0.15) is 65.9 Å². The Labute approximate surface area is 229 Å². The quantitative estimate of drug-likeness (QED) is 0.585. The molecule has 5 aliphatic rings. The number of carbonyl (C=O) groups excluding carboxylic acids is 2. The number of halogens is 1. The molecule has 4 aliphatic carbocycles. The van der Waals surface area contributed by atoms with E-state index in [2.05, 4.69) is 32.9 Å². The zero-order valence-electron chi connectivity index (χ0n) is 23.5. The van der Waals surface area contributed by atoms with E-state index >= 15 is 4.39 Å². The second-order valence-electron chi connectivity index (χ2n) is 14.0. The number of hydroxylamine groups is 1. The SMILES string of the molecule is CC(C)(C)c1ccc(N2C[C@@H]3C[C@H]4[C@@H]5CCC6=CC(=O)C=C[C@]6(C)[C@@]5(F)[C@@H](O)C[C@]4(C)[C@]3(C(=O)CO)O2)cc1. The minimum atomic E-state index is -1.97. The van der Waals surface area contributed by atoms with Crippen LogP contribution in [0.4, 0.5) is 10.1 Å². The van der Waals surface area contributed by atoms with Crippen molar-refractivity contribution in [1.29, 1.82) is 0 Å². The van der Waals surface area contributed by atoms with E-state index < -0.39 is 46.5 Å². The van der Waals surface area contributed by atoms with Crippen molar-refractivity contribution in [2.45, 2.75) is 83.1 Å². The first kappa shape index (κ1) is 26.9. The Morgan fingerprint density at radius 1 is 1.18 bits per heavy atom. The summed E-state index contributed by atoms with van der Waals surface area (Å²) < 4.78 is 17.5. The molecular formula is C32H40FNO5. The van der Waals surface area contributed by atoms with Gasteiger partial charge >= 0.3 is 0 Å². The van der Waals surface area contributed by atoms with E-state index in [1.54, 1.807) is 18.1 Å². The van der Waals surface area contributed by atoms with Crippen LogP contribution in [0.5, 0.6) is 0 Å². The third kappa shape index (κ3) is 3.30. The van der Waals surface area contributed by atoms with E-state index in [-0.39, 0.29) is 29.5 Å². The number of benzene rings is 1. The molecule has 0 bridgehead atoms. The van der Waals surface area contributed by atoms with Crippen molar-refractivity contribution >= 4 is 17.3 Å². The number of allylic oxidation sites excluding steroid dienone is 4. The van der Waals surface area contributed by atoms with Crippen molar-refractivity contribution in [2.24, 2.45) is 28.6 Å². The normalized spacial score (nSPS) is 42.9. The number of fused-ring (bicyclic) bond motifs is 7. The lowest BCUT2D eigenvalue weighted by Crippen LogP contribution is -2.69. The third-order valence-corrected chi connectivity index (χ3v) is 11.2. The van der Waals surface area contributed by atoms with Crippen LogP contribution >= 0.6 is 0 Å². The summed E-state index contributed by atoms with van der Waals surface area (Å²) in [6.07, 6.45) is 4.90. The maximum Gasteiger partial charge on any atom is 0.193 e. The van der Waals surface area contributed by atoms with E-state index in [4.69, 9.17) is 4.84 Å². The number of ketones is 2. The number of anilines is 1. The van der Waals surface area contributed by atoms with Crippen molar-refractivity contribution in [3.63, 3.8) is 0 Å². The molecule has 2 N–H and O–H groups in total. The summed E-state index contributed by atoms with van der Waals surface area (Å²) in [5, 5.41) is 23.6. The van der Waals surface area contributed by atoms with Crippen molar-refractivity contribution in [1.82, 2.24) is 0 Å². The summed E-state index contributed by atoms with van der Waals surface area (Å²) in [5.41, 5.74) is -2.53. The molecule has 0 aromatic heterocycles. The number of hydrogen-bond acceptors (Lipinski definition) is 6. The molecule has 1 saturated heterocycles. The molecule has 8 atom stereocenters. The molecule has 0 spiro atoms. The number of rotatable bonds is 3. The number of nitrogens with zero attached hydrogens (tertiary/aromatic N) is 1. The maximum absolute atomic E-state index is 17.5. The van der Waals surface area contributed by atoms with Crippen molar-refractivity contribution in [3.8, 4) is 0 Å². The van der Waals surface area contributed by atoms with Gasteiger partial charge in [-0.05, 0) is 73.8 Å². The van der Waals surface area contributed by atoms with Crippen LogP contribution in [0.3, 0.4) is 0 Å². The van der Waals surface area contributed by atoms with Crippen LogP contribution in [0.25, 0.3) is 0 Å². The minimum absolute atomic E-state index is 0.000715. The second-order valence-corrected chi connectivity index (χ2v) is 14.0. The van der Waals surface area contributed by atoms with Gasteiger partial charge in [0.2, 0.25) is 0 Å². The molecule has 39 heavy (non-hydrogen) atoms. The fourth-order valence-corrected chi connectivity index (χ4v) is 9.15. The van der Waals surface area contributed by atoms with Gasteiger partial charge in [-0.25, -0.2) is 4.39 Å². The average Bonchev–Trinajstić information content (AvgIpc) is 3.38. The highest BCUT2D eigenvalue weighted by Gasteiger charge is 2.78. The molecule has 0 radical (unpaired) electrons. The second kappa shape index (κ2) is 8.34. The summed E-state index contributed by atoms with van der Waals surface area (Å²) >= 11 is 0. The molecule has 4 fully saturated rings. The van der Waals surface area contributed by atoms with Gasteiger partial charge in [0.1, 0.15) is 6.61 Å². The Bertz CT molecular complexity index is 1280. The van der Waals surface area contributed by atoms with Gasteiger partial charge in [-0.3, -0.25) is 19.5 Å². The van der Waals surface area contributed by atoms with Gasteiger partial charge in [-0.1, -0.05) is 51.5 Å². The zero-order valence-corrected chi connectivity index (χ0v) is 23.5. The lowest BCUT2D eigenvalue weighted by atomic mass is 9.44. The number of carbonyl (C=O) groups is 2. The summed E-state index contributed by atoms with van der Waals surface area (Å²) in [7, 11) is 0. The lowest BCUT2D eigenvalue weighted by molar-refractivity contribution is -0.223. The molecule has 1 aromatic rings. The van der Waals surface area contributed by atoms with Crippen molar-refractivity contribution < 1.29 is 29.0 Å². The molecule has 0 unspecified atom stereocenters. The Kier molecular flexibility index (Phi) is 5.74. The van der Waals surface area contributed by atoms with Crippen molar-refractivity contribution in [3.05, 3.63) is 53.6 Å². The molecule has 7 heteroatoms. The first-order valence-electron chi connectivity index (χ1n) is 14.2. The molecule has 210 valence electrons. The highest BCUT2D eigenvalue weighted by molar-refractivity contribution is 6.01. The van der Waals surface area contributed by atoms with Gasteiger partial charge in [-0.15, -0.1) is 0 Å². The van der Waals surface area contributed by atoms with E-state index in [1.807, 2.05) is 19.1 Å². The first-order valence-corrected chi connectivity index (χ1v) is 14.2. The highest BCUT2D eigenvalue weighted by Crippen LogP contribution is 2.72. The zero-order chi connectivity index (χ0) is 28.2. The largest absolute Gasteiger partial charge is 0.390 e. The summed E-state index contributed by atoms with van der Waals surface area (Å²) in [6.45, 7) is 9.98. The number of hydrogen-bond donors (Lipinski definition) is 2.